The topological polar surface area (TPSA) is 52.0 Å². The van der Waals surface area contributed by atoms with Gasteiger partial charge in [-0.3, -0.25) is 4.68 Å². The summed E-state index contributed by atoms with van der Waals surface area (Å²) in [6.07, 6.45) is 2.66. The van der Waals surface area contributed by atoms with Crippen molar-refractivity contribution in [2.75, 3.05) is 16.8 Å². The van der Waals surface area contributed by atoms with Gasteiger partial charge in [0.15, 0.2) is 9.84 Å². The molecule has 1 aromatic rings. The van der Waals surface area contributed by atoms with Crippen molar-refractivity contribution in [2.45, 2.75) is 39.7 Å². The van der Waals surface area contributed by atoms with Gasteiger partial charge in [0.05, 0.1) is 17.2 Å². The molecule has 2 atom stereocenters. The maximum absolute atomic E-state index is 11.7. The predicted molar refractivity (Wildman–Crippen MR) is 85.0 cm³/mol. The van der Waals surface area contributed by atoms with Crippen LogP contribution in [0.25, 0.3) is 0 Å². The van der Waals surface area contributed by atoms with Crippen molar-refractivity contribution in [1.82, 2.24) is 9.78 Å². The molecule has 6 heteroatoms. The molecule has 2 heterocycles. The number of alkyl halides is 1. The van der Waals surface area contributed by atoms with Gasteiger partial charge in [-0.25, -0.2) is 8.42 Å². The van der Waals surface area contributed by atoms with E-state index in [1.54, 1.807) is 0 Å². The van der Waals surface area contributed by atoms with Crippen molar-refractivity contribution in [3.05, 3.63) is 17.5 Å². The minimum Gasteiger partial charge on any atom is -0.270 e. The van der Waals surface area contributed by atoms with Crippen LogP contribution in [0.5, 0.6) is 0 Å². The largest absolute Gasteiger partial charge is 0.270 e. The Balaban J connectivity index is 2.12. The third-order valence-corrected chi connectivity index (χ3v) is 6.80. The van der Waals surface area contributed by atoms with E-state index in [1.807, 2.05) is 0 Å². The number of halogens is 1. The second-order valence-electron chi connectivity index (χ2n) is 5.58. The zero-order valence-corrected chi connectivity index (χ0v) is 14.6. The van der Waals surface area contributed by atoms with Gasteiger partial charge in [-0.05, 0) is 44.1 Å². The summed E-state index contributed by atoms with van der Waals surface area (Å²) in [4.78, 5) is 0. The number of sulfone groups is 1. The van der Waals surface area contributed by atoms with Gasteiger partial charge >= 0.3 is 0 Å². The number of rotatable bonds is 6. The molecule has 4 nitrogen and oxygen atoms in total. The second-order valence-corrected chi connectivity index (χ2v) is 8.45. The van der Waals surface area contributed by atoms with E-state index in [-0.39, 0.29) is 5.92 Å². The first kappa shape index (κ1) is 16.0. The summed E-state index contributed by atoms with van der Waals surface area (Å²) >= 11 is 3.57. The van der Waals surface area contributed by atoms with Crippen LogP contribution < -0.4 is 0 Å². The third kappa shape index (κ3) is 3.64. The smallest absolute Gasteiger partial charge is 0.150 e. The molecule has 1 aromatic heterocycles. The van der Waals surface area contributed by atoms with E-state index in [4.69, 9.17) is 0 Å². The fraction of sp³-hybridized carbons (Fsp3) is 0.786. The molecule has 0 bridgehead atoms. The van der Waals surface area contributed by atoms with E-state index in [0.717, 1.165) is 36.8 Å². The SMILES string of the molecule is CCc1cc(CC(CBr)C2CCS(=O)(=O)C2)n(CC)n1. The molecule has 2 unspecified atom stereocenters. The van der Waals surface area contributed by atoms with Gasteiger partial charge < -0.3 is 0 Å². The molecule has 0 aliphatic carbocycles. The van der Waals surface area contributed by atoms with Crippen LogP contribution in [0.4, 0.5) is 0 Å². The Morgan fingerprint density at radius 1 is 1.50 bits per heavy atom. The minimum absolute atomic E-state index is 0.282. The number of nitrogens with zero attached hydrogens (tertiary/aromatic N) is 2. The van der Waals surface area contributed by atoms with E-state index in [9.17, 15) is 8.42 Å². The Kier molecular flexibility index (Phi) is 5.29. The molecule has 20 heavy (non-hydrogen) atoms. The molecule has 1 saturated heterocycles. The summed E-state index contributed by atoms with van der Waals surface area (Å²) in [5.74, 6) is 1.36. The van der Waals surface area contributed by atoms with Crippen LogP contribution in [0, 0.1) is 11.8 Å². The Morgan fingerprint density at radius 3 is 2.75 bits per heavy atom. The summed E-state index contributed by atoms with van der Waals surface area (Å²) in [6.45, 7) is 5.07. The van der Waals surface area contributed by atoms with E-state index in [1.165, 1.54) is 5.69 Å². The molecule has 114 valence electrons. The molecule has 0 saturated carbocycles. The van der Waals surface area contributed by atoms with Crippen LogP contribution >= 0.6 is 15.9 Å². The highest BCUT2D eigenvalue weighted by molar-refractivity contribution is 9.09. The lowest BCUT2D eigenvalue weighted by Gasteiger charge is -2.20. The quantitative estimate of drug-likeness (QED) is 0.730. The van der Waals surface area contributed by atoms with Crippen LogP contribution in [0.15, 0.2) is 6.07 Å². The van der Waals surface area contributed by atoms with Gasteiger partial charge in [-0.1, -0.05) is 22.9 Å². The predicted octanol–water partition coefficient (Wildman–Crippen LogP) is 2.45. The maximum atomic E-state index is 11.7. The average Bonchev–Trinajstić information content (AvgIpc) is 2.98. The van der Waals surface area contributed by atoms with Gasteiger partial charge in [-0.2, -0.15) is 5.10 Å². The monoisotopic (exact) mass is 362 g/mol. The Hall–Kier alpha value is -0.360. The number of hydrogen-bond donors (Lipinski definition) is 0. The fourth-order valence-corrected chi connectivity index (χ4v) is 5.61. The summed E-state index contributed by atoms with van der Waals surface area (Å²) in [6, 6.07) is 2.17. The van der Waals surface area contributed by atoms with E-state index in [0.29, 0.717) is 17.4 Å². The Morgan fingerprint density at radius 2 is 2.25 bits per heavy atom. The highest BCUT2D eigenvalue weighted by Gasteiger charge is 2.33. The summed E-state index contributed by atoms with van der Waals surface area (Å²) in [5.41, 5.74) is 2.35. The summed E-state index contributed by atoms with van der Waals surface area (Å²) in [5, 5.41) is 5.42. The molecule has 0 spiro atoms. The van der Waals surface area contributed by atoms with Gasteiger partial charge in [0.2, 0.25) is 0 Å². The lowest BCUT2D eigenvalue weighted by Crippen LogP contribution is -2.21. The molecule has 0 aromatic carbocycles. The van der Waals surface area contributed by atoms with Gasteiger partial charge in [0, 0.05) is 17.6 Å². The van der Waals surface area contributed by atoms with Crippen LogP contribution in [0.3, 0.4) is 0 Å². The number of aromatic nitrogens is 2. The molecule has 0 radical (unpaired) electrons. The van der Waals surface area contributed by atoms with E-state index in [2.05, 4.69) is 45.6 Å². The molecule has 1 aliphatic heterocycles. The first-order valence-corrected chi connectivity index (χ1v) is 10.2. The maximum Gasteiger partial charge on any atom is 0.150 e. The van der Waals surface area contributed by atoms with Crippen molar-refractivity contribution in [3.63, 3.8) is 0 Å². The lowest BCUT2D eigenvalue weighted by molar-refractivity contribution is 0.391. The summed E-state index contributed by atoms with van der Waals surface area (Å²) < 4.78 is 25.4. The van der Waals surface area contributed by atoms with Crippen LogP contribution in [0.1, 0.15) is 31.7 Å². The van der Waals surface area contributed by atoms with Gasteiger partial charge in [0.25, 0.3) is 0 Å². The zero-order chi connectivity index (χ0) is 14.8. The highest BCUT2D eigenvalue weighted by Crippen LogP contribution is 2.30. The molecule has 2 rings (SSSR count). The first-order chi connectivity index (χ1) is 9.49. The lowest BCUT2D eigenvalue weighted by atomic mass is 9.89. The fourth-order valence-electron chi connectivity index (χ4n) is 2.94. The normalized spacial score (nSPS) is 23.1. The Bertz CT molecular complexity index is 554. The van der Waals surface area contributed by atoms with Gasteiger partial charge in [0.1, 0.15) is 0 Å². The third-order valence-electron chi connectivity index (χ3n) is 4.18. The first-order valence-electron chi connectivity index (χ1n) is 7.31. The van der Waals surface area contributed by atoms with Crippen molar-refractivity contribution >= 4 is 25.8 Å². The van der Waals surface area contributed by atoms with Crippen molar-refractivity contribution < 1.29 is 8.42 Å². The average molecular weight is 363 g/mol. The van der Waals surface area contributed by atoms with E-state index >= 15 is 0 Å². The molecule has 0 N–H and O–H groups in total. The molecular formula is C14H23BrN2O2S. The number of hydrogen-bond acceptors (Lipinski definition) is 3. The summed E-state index contributed by atoms with van der Waals surface area (Å²) in [7, 11) is -2.80. The van der Waals surface area contributed by atoms with Crippen LogP contribution in [-0.2, 0) is 29.2 Å². The van der Waals surface area contributed by atoms with Crippen molar-refractivity contribution in [2.24, 2.45) is 11.8 Å². The highest BCUT2D eigenvalue weighted by atomic mass is 79.9. The molecule has 1 aliphatic rings. The molecule has 1 fully saturated rings. The van der Waals surface area contributed by atoms with Crippen LogP contribution in [0.2, 0.25) is 0 Å². The molecule has 0 amide bonds. The van der Waals surface area contributed by atoms with Crippen molar-refractivity contribution in [1.29, 1.82) is 0 Å². The second kappa shape index (κ2) is 6.60. The Labute approximate surface area is 130 Å². The molecular weight excluding hydrogens is 340 g/mol. The number of aryl methyl sites for hydroxylation is 2. The minimum atomic E-state index is -2.80. The van der Waals surface area contributed by atoms with Crippen LogP contribution in [-0.4, -0.2) is 35.0 Å². The zero-order valence-electron chi connectivity index (χ0n) is 12.2. The van der Waals surface area contributed by atoms with E-state index < -0.39 is 9.84 Å². The standard InChI is InChI=1S/C14H23BrN2O2S/c1-3-13-8-14(17(4-2)16-13)7-12(9-15)11-5-6-20(18,19)10-11/h8,11-12H,3-7,9-10H2,1-2H3. The van der Waals surface area contributed by atoms with Crippen molar-refractivity contribution in [3.8, 4) is 0 Å². The van der Waals surface area contributed by atoms with Gasteiger partial charge in [-0.15, -0.1) is 0 Å².